The zero-order chi connectivity index (χ0) is 7.56. The molecule has 2 radical (unpaired) electrons. The van der Waals surface area contributed by atoms with Crippen molar-refractivity contribution in [3.05, 3.63) is 29.3 Å². The predicted molar refractivity (Wildman–Crippen MR) is 42.5 cm³/mol. The molecular weight excluding hydrogens is 123 g/mol. The average Bonchev–Trinajstić information content (AvgIpc) is 1.95. The lowest BCUT2D eigenvalue weighted by atomic mass is 9.87. The highest BCUT2D eigenvalue weighted by molar-refractivity contribution is 6.34. The quantitative estimate of drug-likeness (QED) is 0.544. The summed E-state index contributed by atoms with van der Waals surface area (Å²) in [6.07, 6.45) is 0. The van der Waals surface area contributed by atoms with Crippen molar-refractivity contribution in [3.63, 3.8) is 0 Å². The minimum atomic E-state index is 0.0213. The van der Waals surface area contributed by atoms with Gasteiger partial charge in [-0.05, 0) is 12.5 Å². The highest BCUT2D eigenvalue weighted by Gasteiger charge is 1.96. The van der Waals surface area contributed by atoms with Crippen molar-refractivity contribution in [2.24, 2.45) is 0 Å². The summed E-state index contributed by atoms with van der Waals surface area (Å²) >= 11 is 0. The first-order valence-corrected chi connectivity index (χ1v) is 3.20. The van der Waals surface area contributed by atoms with E-state index in [-0.39, 0.29) is 6.61 Å². The van der Waals surface area contributed by atoms with Gasteiger partial charge in [-0.3, -0.25) is 0 Å². The van der Waals surface area contributed by atoms with Crippen molar-refractivity contribution in [1.29, 1.82) is 0 Å². The molecule has 0 saturated heterocycles. The number of hydrogen-bond acceptors (Lipinski definition) is 1. The van der Waals surface area contributed by atoms with E-state index >= 15 is 0 Å². The Hall–Kier alpha value is -0.755. The lowest BCUT2D eigenvalue weighted by molar-refractivity contribution is 0.283. The number of aliphatic hydroxyl groups excluding tert-OH is 1. The fourth-order valence-corrected chi connectivity index (χ4v) is 0.879. The Morgan fingerprint density at radius 2 is 2.20 bits per heavy atom. The van der Waals surface area contributed by atoms with Crippen molar-refractivity contribution in [3.8, 4) is 0 Å². The maximum atomic E-state index is 8.76. The van der Waals surface area contributed by atoms with E-state index in [4.69, 9.17) is 13.0 Å². The van der Waals surface area contributed by atoms with Gasteiger partial charge in [0.1, 0.15) is 7.85 Å². The molecule has 0 aromatic heterocycles. The van der Waals surface area contributed by atoms with Crippen LogP contribution in [0.2, 0.25) is 0 Å². The normalized spacial score (nSPS) is 9.80. The largest absolute Gasteiger partial charge is 0.392 e. The Balaban J connectivity index is 3.14. The smallest absolute Gasteiger partial charge is 0.114 e. The van der Waals surface area contributed by atoms with E-state index in [1.165, 1.54) is 0 Å². The van der Waals surface area contributed by atoms with Gasteiger partial charge in [-0.15, -0.1) is 0 Å². The number of aryl methyl sites for hydroxylation is 1. The van der Waals surface area contributed by atoms with Crippen LogP contribution in [0.5, 0.6) is 0 Å². The minimum absolute atomic E-state index is 0.0213. The number of rotatable bonds is 1. The summed E-state index contributed by atoms with van der Waals surface area (Å²) in [5.41, 5.74) is 2.52. The van der Waals surface area contributed by atoms with Crippen LogP contribution < -0.4 is 5.46 Å². The summed E-state index contributed by atoms with van der Waals surface area (Å²) in [5.74, 6) is 0. The van der Waals surface area contributed by atoms with E-state index in [0.29, 0.717) is 5.46 Å². The molecule has 50 valence electrons. The predicted octanol–water partition coefficient (Wildman–Crippen LogP) is 0.281. The van der Waals surface area contributed by atoms with Gasteiger partial charge in [0.2, 0.25) is 0 Å². The Labute approximate surface area is 62.1 Å². The van der Waals surface area contributed by atoms with Gasteiger partial charge in [-0.25, -0.2) is 0 Å². The van der Waals surface area contributed by atoms with Crippen molar-refractivity contribution in [2.45, 2.75) is 13.5 Å². The third kappa shape index (κ3) is 1.22. The van der Waals surface area contributed by atoms with Gasteiger partial charge < -0.3 is 5.11 Å². The van der Waals surface area contributed by atoms with E-state index in [1.54, 1.807) is 0 Å². The van der Waals surface area contributed by atoms with Gasteiger partial charge in [0.25, 0.3) is 0 Å². The summed E-state index contributed by atoms with van der Waals surface area (Å²) in [6.45, 7) is 1.95. The number of hydrogen-bond donors (Lipinski definition) is 1. The maximum Gasteiger partial charge on any atom is 0.114 e. The maximum absolute atomic E-state index is 8.76. The molecule has 1 aromatic rings. The summed E-state index contributed by atoms with van der Waals surface area (Å²) in [5, 5.41) is 8.76. The fourth-order valence-electron chi connectivity index (χ4n) is 0.879. The van der Waals surface area contributed by atoms with E-state index in [2.05, 4.69) is 0 Å². The molecule has 0 heterocycles. The molecule has 0 aliphatic heterocycles. The summed E-state index contributed by atoms with van der Waals surface area (Å²) in [6, 6.07) is 5.63. The van der Waals surface area contributed by atoms with Crippen LogP contribution >= 0.6 is 0 Å². The van der Waals surface area contributed by atoms with Gasteiger partial charge in [-0.2, -0.15) is 0 Å². The topological polar surface area (TPSA) is 20.2 Å². The Morgan fingerprint density at radius 1 is 1.50 bits per heavy atom. The summed E-state index contributed by atoms with van der Waals surface area (Å²) < 4.78 is 0. The monoisotopic (exact) mass is 132 g/mol. The van der Waals surface area contributed by atoms with Crippen molar-refractivity contribution in [2.75, 3.05) is 0 Å². The summed E-state index contributed by atoms with van der Waals surface area (Å²) in [4.78, 5) is 0. The number of aliphatic hydroxyl groups is 1. The van der Waals surface area contributed by atoms with Gasteiger partial charge in [0.05, 0.1) is 6.61 Å². The standard InChI is InChI=1S/C8H9BO/c1-6-3-2-4-7(5-10)8(6)9/h2-4,10H,5H2,1H3. The molecule has 0 saturated carbocycles. The molecule has 0 fully saturated rings. The fraction of sp³-hybridized carbons (Fsp3) is 0.250. The lowest BCUT2D eigenvalue weighted by Crippen LogP contribution is -2.13. The molecule has 1 nitrogen and oxygen atoms in total. The van der Waals surface area contributed by atoms with Gasteiger partial charge in [0.15, 0.2) is 0 Å². The molecule has 0 atom stereocenters. The zero-order valence-corrected chi connectivity index (χ0v) is 5.96. The van der Waals surface area contributed by atoms with Crippen molar-refractivity contribution < 1.29 is 5.11 Å². The zero-order valence-electron chi connectivity index (χ0n) is 5.96. The molecule has 0 unspecified atom stereocenters. The Morgan fingerprint density at radius 3 is 2.70 bits per heavy atom. The third-order valence-corrected chi connectivity index (χ3v) is 1.58. The molecule has 0 aliphatic carbocycles. The molecule has 0 bridgehead atoms. The highest BCUT2D eigenvalue weighted by Crippen LogP contribution is 1.98. The second kappa shape index (κ2) is 2.89. The molecule has 0 aliphatic rings. The average molecular weight is 132 g/mol. The van der Waals surface area contributed by atoms with E-state index < -0.39 is 0 Å². The van der Waals surface area contributed by atoms with Gasteiger partial charge in [0, 0.05) is 0 Å². The van der Waals surface area contributed by atoms with Gasteiger partial charge >= 0.3 is 0 Å². The second-order valence-corrected chi connectivity index (χ2v) is 2.31. The Kier molecular flexibility index (Phi) is 2.12. The molecule has 0 spiro atoms. The summed E-state index contributed by atoms with van der Waals surface area (Å²) in [7, 11) is 5.63. The van der Waals surface area contributed by atoms with Crippen molar-refractivity contribution >= 4 is 13.3 Å². The molecule has 10 heavy (non-hydrogen) atoms. The molecule has 0 amide bonds. The van der Waals surface area contributed by atoms with Crippen LogP contribution in [-0.2, 0) is 6.61 Å². The van der Waals surface area contributed by atoms with Crippen LogP contribution in [0.25, 0.3) is 0 Å². The lowest BCUT2D eigenvalue weighted by Gasteiger charge is -2.04. The van der Waals surface area contributed by atoms with E-state index in [1.807, 2.05) is 25.1 Å². The first-order valence-electron chi connectivity index (χ1n) is 3.20. The molecule has 2 heteroatoms. The van der Waals surface area contributed by atoms with Crippen LogP contribution in [0.1, 0.15) is 11.1 Å². The Bertz CT molecular complexity index is 233. The van der Waals surface area contributed by atoms with Crippen LogP contribution in [-0.4, -0.2) is 13.0 Å². The molecule has 1 N–H and O–H groups in total. The number of benzene rings is 1. The van der Waals surface area contributed by atoms with Crippen LogP contribution in [0.4, 0.5) is 0 Å². The SMILES string of the molecule is [B]c1c(C)cccc1CO. The molecule has 1 rings (SSSR count). The van der Waals surface area contributed by atoms with Crippen LogP contribution in [0.3, 0.4) is 0 Å². The van der Waals surface area contributed by atoms with Crippen LogP contribution in [0.15, 0.2) is 18.2 Å². The first-order chi connectivity index (χ1) is 4.75. The third-order valence-electron chi connectivity index (χ3n) is 1.58. The van der Waals surface area contributed by atoms with Gasteiger partial charge in [-0.1, -0.05) is 29.2 Å². The highest BCUT2D eigenvalue weighted by atomic mass is 16.3. The molecular formula is C8H9BO. The minimum Gasteiger partial charge on any atom is -0.392 e. The van der Waals surface area contributed by atoms with Crippen molar-refractivity contribution in [1.82, 2.24) is 0 Å². The molecule has 1 aromatic carbocycles. The first kappa shape index (κ1) is 7.35. The second-order valence-electron chi connectivity index (χ2n) is 2.31. The van der Waals surface area contributed by atoms with Crippen LogP contribution in [0, 0.1) is 6.92 Å². The van der Waals surface area contributed by atoms with E-state index in [0.717, 1.165) is 11.1 Å². The van der Waals surface area contributed by atoms with E-state index in [9.17, 15) is 0 Å².